The fraction of sp³-hybridized carbons (Fsp3) is 0. The highest BCUT2D eigenvalue weighted by Crippen LogP contribution is 2.32. The van der Waals surface area contributed by atoms with Gasteiger partial charge in [0.2, 0.25) is 0 Å². The SMILES string of the molecule is Clc1cc(Cl)cc(-c2ncccc2-c2nc3ccccn3n2)c1. The van der Waals surface area contributed by atoms with Gasteiger partial charge in [-0.05, 0) is 42.5 Å². The zero-order valence-corrected chi connectivity index (χ0v) is 13.3. The number of halogens is 2. The molecule has 0 unspecified atom stereocenters. The monoisotopic (exact) mass is 340 g/mol. The standard InChI is InChI=1S/C17H10Cl2N4/c18-12-8-11(9-13(19)10-12)16-14(4-3-6-20-16)17-21-15-5-1-2-7-23(15)22-17/h1-10H. The highest BCUT2D eigenvalue weighted by molar-refractivity contribution is 6.35. The van der Waals surface area contributed by atoms with Crippen molar-refractivity contribution < 1.29 is 0 Å². The Bertz CT molecular complexity index is 957. The summed E-state index contributed by atoms with van der Waals surface area (Å²) in [6.07, 6.45) is 3.58. The molecule has 4 rings (SSSR count). The fourth-order valence-corrected chi connectivity index (χ4v) is 2.98. The van der Waals surface area contributed by atoms with E-state index in [1.165, 1.54) is 0 Å². The summed E-state index contributed by atoms with van der Waals surface area (Å²) >= 11 is 12.2. The molecule has 0 aliphatic carbocycles. The van der Waals surface area contributed by atoms with Crippen LogP contribution in [0.1, 0.15) is 0 Å². The van der Waals surface area contributed by atoms with E-state index in [4.69, 9.17) is 23.2 Å². The largest absolute Gasteiger partial charge is 0.255 e. The van der Waals surface area contributed by atoms with E-state index in [0.29, 0.717) is 15.9 Å². The molecular weight excluding hydrogens is 331 g/mol. The van der Waals surface area contributed by atoms with Gasteiger partial charge in [-0.2, -0.15) is 0 Å². The number of nitrogens with zero attached hydrogens (tertiary/aromatic N) is 4. The zero-order chi connectivity index (χ0) is 15.8. The maximum absolute atomic E-state index is 6.12. The van der Waals surface area contributed by atoms with Gasteiger partial charge in [0.25, 0.3) is 0 Å². The van der Waals surface area contributed by atoms with Crippen LogP contribution in [0.15, 0.2) is 60.9 Å². The summed E-state index contributed by atoms with van der Waals surface area (Å²) < 4.78 is 1.73. The molecule has 0 radical (unpaired) electrons. The van der Waals surface area contributed by atoms with Crippen LogP contribution in [0.3, 0.4) is 0 Å². The van der Waals surface area contributed by atoms with Crippen molar-refractivity contribution in [3.05, 3.63) is 71.0 Å². The normalized spacial score (nSPS) is 11.0. The average molecular weight is 341 g/mol. The Kier molecular flexibility index (Phi) is 3.48. The van der Waals surface area contributed by atoms with Crippen LogP contribution < -0.4 is 0 Å². The Labute approximate surface area is 142 Å². The molecule has 0 spiro atoms. The van der Waals surface area contributed by atoms with Crippen LogP contribution >= 0.6 is 23.2 Å². The molecule has 23 heavy (non-hydrogen) atoms. The number of fused-ring (bicyclic) bond motifs is 1. The summed E-state index contributed by atoms with van der Waals surface area (Å²) in [5.74, 6) is 0.607. The van der Waals surface area contributed by atoms with Crippen molar-refractivity contribution in [3.8, 4) is 22.6 Å². The van der Waals surface area contributed by atoms with Crippen molar-refractivity contribution in [2.24, 2.45) is 0 Å². The van der Waals surface area contributed by atoms with Crippen LogP contribution in [0.2, 0.25) is 10.0 Å². The summed E-state index contributed by atoms with van der Waals surface area (Å²) in [4.78, 5) is 9.03. The first-order valence-electron chi connectivity index (χ1n) is 6.94. The molecule has 0 saturated carbocycles. The summed E-state index contributed by atoms with van der Waals surface area (Å²) in [5, 5.41) is 5.64. The van der Waals surface area contributed by atoms with E-state index >= 15 is 0 Å². The number of rotatable bonds is 2. The molecule has 3 aromatic heterocycles. The molecule has 0 amide bonds. The summed E-state index contributed by atoms with van der Waals surface area (Å²) in [6, 6.07) is 14.9. The molecule has 1 aromatic carbocycles. The second kappa shape index (κ2) is 5.65. The van der Waals surface area contributed by atoms with E-state index in [1.807, 2.05) is 48.7 Å². The van der Waals surface area contributed by atoms with E-state index in [2.05, 4.69) is 15.1 Å². The molecule has 0 bridgehead atoms. The Hall–Kier alpha value is -2.43. The van der Waals surface area contributed by atoms with Crippen molar-refractivity contribution in [3.63, 3.8) is 0 Å². The lowest BCUT2D eigenvalue weighted by atomic mass is 10.1. The summed E-state index contributed by atoms with van der Waals surface area (Å²) in [6.45, 7) is 0. The van der Waals surface area contributed by atoms with Gasteiger partial charge >= 0.3 is 0 Å². The second-order valence-electron chi connectivity index (χ2n) is 5.00. The fourth-order valence-electron chi connectivity index (χ4n) is 2.45. The molecular formula is C17H10Cl2N4. The van der Waals surface area contributed by atoms with E-state index < -0.39 is 0 Å². The van der Waals surface area contributed by atoms with Gasteiger partial charge in [0.05, 0.1) is 5.69 Å². The van der Waals surface area contributed by atoms with Gasteiger partial charge in [-0.15, -0.1) is 5.10 Å². The van der Waals surface area contributed by atoms with Gasteiger partial charge in [-0.1, -0.05) is 29.3 Å². The first-order valence-corrected chi connectivity index (χ1v) is 7.69. The lowest BCUT2D eigenvalue weighted by molar-refractivity contribution is 0.965. The maximum Gasteiger partial charge on any atom is 0.184 e. The smallest absolute Gasteiger partial charge is 0.184 e. The molecule has 0 saturated heterocycles. The minimum atomic E-state index is 0.562. The van der Waals surface area contributed by atoms with Gasteiger partial charge < -0.3 is 0 Å². The molecule has 6 heteroatoms. The Balaban J connectivity index is 1.93. The van der Waals surface area contributed by atoms with Crippen LogP contribution in [-0.2, 0) is 0 Å². The van der Waals surface area contributed by atoms with Crippen molar-refractivity contribution in [1.29, 1.82) is 0 Å². The first kappa shape index (κ1) is 14.2. The third-order valence-corrected chi connectivity index (χ3v) is 3.86. The highest BCUT2D eigenvalue weighted by atomic mass is 35.5. The predicted octanol–water partition coefficient (Wildman–Crippen LogP) is 4.77. The number of hydrogen-bond acceptors (Lipinski definition) is 3. The van der Waals surface area contributed by atoms with E-state index in [9.17, 15) is 0 Å². The zero-order valence-electron chi connectivity index (χ0n) is 11.8. The number of hydrogen-bond donors (Lipinski definition) is 0. The van der Waals surface area contributed by atoms with Crippen LogP contribution in [0.4, 0.5) is 0 Å². The van der Waals surface area contributed by atoms with Gasteiger partial charge in [0.15, 0.2) is 11.5 Å². The van der Waals surface area contributed by atoms with Gasteiger partial charge in [-0.25, -0.2) is 9.50 Å². The average Bonchev–Trinajstić information content (AvgIpc) is 2.98. The molecule has 0 atom stereocenters. The Morgan fingerprint density at radius 3 is 2.52 bits per heavy atom. The highest BCUT2D eigenvalue weighted by Gasteiger charge is 2.14. The van der Waals surface area contributed by atoms with Gasteiger partial charge in [-0.3, -0.25) is 4.98 Å². The third kappa shape index (κ3) is 2.67. The molecule has 4 nitrogen and oxygen atoms in total. The Morgan fingerprint density at radius 2 is 1.74 bits per heavy atom. The van der Waals surface area contributed by atoms with E-state index in [0.717, 1.165) is 22.5 Å². The molecule has 0 N–H and O–H groups in total. The summed E-state index contributed by atoms with van der Waals surface area (Å²) in [5.41, 5.74) is 3.18. The van der Waals surface area contributed by atoms with Crippen LogP contribution in [-0.4, -0.2) is 19.6 Å². The van der Waals surface area contributed by atoms with Crippen molar-refractivity contribution in [1.82, 2.24) is 19.6 Å². The van der Waals surface area contributed by atoms with Crippen LogP contribution in [0, 0.1) is 0 Å². The maximum atomic E-state index is 6.12. The van der Waals surface area contributed by atoms with Gasteiger partial charge in [0, 0.05) is 33.6 Å². The van der Waals surface area contributed by atoms with Crippen molar-refractivity contribution in [2.45, 2.75) is 0 Å². The minimum absolute atomic E-state index is 0.562. The quantitative estimate of drug-likeness (QED) is 0.528. The lowest BCUT2D eigenvalue weighted by Gasteiger charge is -2.06. The number of pyridine rings is 2. The summed E-state index contributed by atoms with van der Waals surface area (Å²) in [7, 11) is 0. The first-order chi connectivity index (χ1) is 11.2. The third-order valence-electron chi connectivity index (χ3n) is 3.43. The molecule has 0 fully saturated rings. The van der Waals surface area contributed by atoms with Gasteiger partial charge in [0.1, 0.15) is 0 Å². The molecule has 0 aliphatic heterocycles. The van der Waals surface area contributed by atoms with Crippen LogP contribution in [0.5, 0.6) is 0 Å². The van der Waals surface area contributed by atoms with E-state index in [-0.39, 0.29) is 0 Å². The molecule has 0 aliphatic rings. The Morgan fingerprint density at radius 1 is 0.913 bits per heavy atom. The molecule has 4 aromatic rings. The molecule has 112 valence electrons. The number of aromatic nitrogens is 4. The number of benzene rings is 1. The lowest BCUT2D eigenvalue weighted by Crippen LogP contribution is -1.91. The van der Waals surface area contributed by atoms with E-state index in [1.54, 1.807) is 16.8 Å². The topological polar surface area (TPSA) is 43.1 Å². The van der Waals surface area contributed by atoms with Crippen molar-refractivity contribution in [2.75, 3.05) is 0 Å². The minimum Gasteiger partial charge on any atom is -0.255 e. The molecule has 3 heterocycles. The van der Waals surface area contributed by atoms with Crippen LogP contribution in [0.25, 0.3) is 28.3 Å². The second-order valence-corrected chi connectivity index (χ2v) is 5.87. The predicted molar refractivity (Wildman–Crippen MR) is 91.7 cm³/mol. The van der Waals surface area contributed by atoms with Crippen molar-refractivity contribution >= 4 is 28.8 Å².